The van der Waals surface area contributed by atoms with Gasteiger partial charge in [-0.15, -0.1) is 11.3 Å². The van der Waals surface area contributed by atoms with E-state index in [4.69, 9.17) is 4.42 Å². The van der Waals surface area contributed by atoms with Gasteiger partial charge in [0.05, 0.1) is 22.1 Å². The summed E-state index contributed by atoms with van der Waals surface area (Å²) >= 11 is 1.85. The van der Waals surface area contributed by atoms with E-state index < -0.39 is 0 Å². The first-order valence-corrected chi connectivity index (χ1v) is 19.8. The average Bonchev–Trinajstić information content (AvgIpc) is 3.94. The Morgan fingerprint density at radius 1 is 0.446 bits per heavy atom. The van der Waals surface area contributed by atoms with Crippen molar-refractivity contribution in [2.45, 2.75) is 0 Å². The molecule has 0 N–H and O–H groups in total. The number of benzene rings is 9. The molecule has 0 aliphatic rings. The topological polar surface area (TPSA) is 21.3 Å². The lowest BCUT2D eigenvalue weighted by molar-refractivity contribution is 0.672. The van der Waals surface area contributed by atoms with E-state index in [-0.39, 0.29) is 0 Å². The first-order valence-electron chi connectivity index (χ1n) is 19.0. The highest BCUT2D eigenvalue weighted by molar-refractivity contribution is 7.25. The van der Waals surface area contributed by atoms with Crippen LogP contribution < -0.4 is 4.90 Å². The molecule has 3 heterocycles. The molecule has 12 rings (SSSR count). The Labute approximate surface area is 326 Å². The van der Waals surface area contributed by atoms with Crippen LogP contribution in [0.25, 0.3) is 91.5 Å². The highest BCUT2D eigenvalue weighted by Crippen LogP contribution is 2.47. The molecule has 0 atom stereocenters. The molecule has 0 fully saturated rings. The van der Waals surface area contributed by atoms with Gasteiger partial charge in [-0.3, -0.25) is 0 Å². The Hall–Kier alpha value is -7.14. The third-order valence-electron chi connectivity index (χ3n) is 11.4. The van der Waals surface area contributed by atoms with Gasteiger partial charge in [-0.1, -0.05) is 115 Å². The van der Waals surface area contributed by atoms with Gasteiger partial charge in [-0.25, -0.2) is 0 Å². The Balaban J connectivity index is 1.12. The third-order valence-corrected chi connectivity index (χ3v) is 12.5. The fraction of sp³-hybridized carbons (Fsp3) is 0. The van der Waals surface area contributed by atoms with Gasteiger partial charge in [0.1, 0.15) is 11.2 Å². The predicted octanol–water partition coefficient (Wildman–Crippen LogP) is 15.3. The minimum atomic E-state index is 0.871. The van der Waals surface area contributed by atoms with E-state index in [0.29, 0.717) is 0 Å². The fourth-order valence-electron chi connectivity index (χ4n) is 8.93. The molecule has 9 aromatic carbocycles. The maximum absolute atomic E-state index is 6.74. The molecule has 3 nitrogen and oxygen atoms in total. The molecular weight excluding hydrogens is 701 g/mol. The monoisotopic (exact) mass is 732 g/mol. The SMILES string of the molecule is c1ccc(-n2c3ccccc3c3c(-c4cccc(N(c5ccc6sc7ccccc7c6c5)c5cccc6oc7c8ccccc8ccc7c56)c4)cccc32)cc1. The summed E-state index contributed by atoms with van der Waals surface area (Å²) in [4.78, 5) is 2.43. The molecular formula is C52H32N2OS. The van der Waals surface area contributed by atoms with Crippen LogP contribution in [0.5, 0.6) is 0 Å². The van der Waals surface area contributed by atoms with Crippen LogP contribution in [0.1, 0.15) is 0 Å². The summed E-state index contributed by atoms with van der Waals surface area (Å²) in [5, 5.41) is 9.52. The van der Waals surface area contributed by atoms with Gasteiger partial charge in [0.15, 0.2) is 0 Å². The molecule has 0 saturated heterocycles. The molecule has 0 unspecified atom stereocenters. The molecule has 4 heteroatoms. The number of aromatic nitrogens is 1. The number of fused-ring (bicyclic) bond motifs is 11. The number of para-hydroxylation sites is 2. The number of furan rings is 1. The maximum Gasteiger partial charge on any atom is 0.143 e. The molecule has 56 heavy (non-hydrogen) atoms. The number of nitrogens with zero attached hydrogens (tertiary/aromatic N) is 2. The summed E-state index contributed by atoms with van der Waals surface area (Å²) in [6.45, 7) is 0. The van der Waals surface area contributed by atoms with Crippen LogP contribution in [0.15, 0.2) is 199 Å². The van der Waals surface area contributed by atoms with Crippen LogP contribution in [0.3, 0.4) is 0 Å². The van der Waals surface area contributed by atoms with Crippen LogP contribution in [0.4, 0.5) is 17.1 Å². The number of anilines is 3. The van der Waals surface area contributed by atoms with Gasteiger partial charge in [-0.2, -0.15) is 0 Å². The number of hydrogen-bond donors (Lipinski definition) is 0. The standard InChI is InChI=1S/C52H32N2OS/c1-2-15-35(16-3-1)54-44-22-8-6-20-41(44)50-38(21-11-23-45(50)54)34-14-10-17-36(31-34)53(37-28-30-49-43(32-37)40-19-7-9-26-48(40)56-49)46-24-12-25-47-51(46)42-29-27-33-13-4-5-18-39(33)52(42)55-47/h1-32H. The number of hydrogen-bond acceptors (Lipinski definition) is 3. The number of rotatable bonds is 5. The summed E-state index contributed by atoms with van der Waals surface area (Å²) < 4.78 is 11.7. The van der Waals surface area contributed by atoms with Crippen LogP contribution in [-0.2, 0) is 0 Å². The van der Waals surface area contributed by atoms with E-state index in [9.17, 15) is 0 Å². The van der Waals surface area contributed by atoms with Crippen molar-refractivity contribution in [1.29, 1.82) is 0 Å². The van der Waals surface area contributed by atoms with Crippen LogP contribution in [0.2, 0.25) is 0 Å². The van der Waals surface area contributed by atoms with Crippen molar-refractivity contribution in [2.75, 3.05) is 4.90 Å². The molecule has 0 radical (unpaired) electrons. The lowest BCUT2D eigenvalue weighted by Gasteiger charge is -2.27. The Morgan fingerprint density at radius 3 is 2.11 bits per heavy atom. The molecule has 0 saturated carbocycles. The van der Waals surface area contributed by atoms with Crippen molar-refractivity contribution < 1.29 is 4.42 Å². The minimum Gasteiger partial charge on any atom is -0.455 e. The van der Waals surface area contributed by atoms with Crippen molar-refractivity contribution in [3.63, 3.8) is 0 Å². The minimum absolute atomic E-state index is 0.871. The van der Waals surface area contributed by atoms with Crippen molar-refractivity contribution in [1.82, 2.24) is 4.57 Å². The zero-order chi connectivity index (χ0) is 36.7. The Morgan fingerprint density at radius 2 is 1.18 bits per heavy atom. The smallest absolute Gasteiger partial charge is 0.143 e. The van der Waals surface area contributed by atoms with Gasteiger partial charge >= 0.3 is 0 Å². The maximum atomic E-state index is 6.74. The Bertz CT molecular complexity index is 3500. The van der Waals surface area contributed by atoms with E-state index >= 15 is 0 Å². The second-order valence-corrected chi connectivity index (χ2v) is 15.6. The molecule has 0 aliphatic carbocycles. The van der Waals surface area contributed by atoms with Gasteiger partial charge in [0, 0.05) is 58.8 Å². The van der Waals surface area contributed by atoms with Crippen molar-refractivity contribution in [3.05, 3.63) is 194 Å². The lowest BCUT2D eigenvalue weighted by atomic mass is 9.98. The summed E-state index contributed by atoms with van der Waals surface area (Å²) in [6.07, 6.45) is 0. The third kappa shape index (κ3) is 4.63. The molecule has 0 aliphatic heterocycles. The largest absolute Gasteiger partial charge is 0.455 e. The lowest BCUT2D eigenvalue weighted by Crippen LogP contribution is -2.10. The predicted molar refractivity (Wildman–Crippen MR) is 239 cm³/mol. The Kier molecular flexibility index (Phi) is 6.80. The summed E-state index contributed by atoms with van der Waals surface area (Å²) in [5.41, 5.74) is 10.9. The van der Waals surface area contributed by atoms with Gasteiger partial charge in [-0.05, 0) is 95.4 Å². The molecule has 0 amide bonds. The molecule has 12 aromatic rings. The van der Waals surface area contributed by atoms with E-state index in [1.165, 1.54) is 52.9 Å². The highest BCUT2D eigenvalue weighted by atomic mass is 32.1. The molecule has 3 aromatic heterocycles. The van der Waals surface area contributed by atoms with Crippen molar-refractivity contribution >= 4 is 103 Å². The van der Waals surface area contributed by atoms with E-state index in [1.807, 2.05) is 11.3 Å². The van der Waals surface area contributed by atoms with E-state index in [1.54, 1.807) is 0 Å². The molecule has 0 spiro atoms. The van der Waals surface area contributed by atoms with Crippen molar-refractivity contribution in [3.8, 4) is 16.8 Å². The second kappa shape index (κ2) is 12.2. The van der Waals surface area contributed by atoms with Crippen LogP contribution >= 0.6 is 11.3 Å². The van der Waals surface area contributed by atoms with E-state index in [0.717, 1.165) is 55.6 Å². The average molecular weight is 733 g/mol. The molecule has 262 valence electrons. The summed E-state index contributed by atoms with van der Waals surface area (Å²) in [7, 11) is 0. The van der Waals surface area contributed by atoms with Crippen LogP contribution in [-0.4, -0.2) is 4.57 Å². The normalized spacial score (nSPS) is 11.9. The zero-order valence-electron chi connectivity index (χ0n) is 30.2. The highest BCUT2D eigenvalue weighted by Gasteiger charge is 2.22. The quantitative estimate of drug-likeness (QED) is 0.176. The first kappa shape index (κ1) is 31.2. The molecule has 0 bridgehead atoms. The summed E-state index contributed by atoms with van der Waals surface area (Å²) in [6, 6.07) is 70.2. The number of thiophene rings is 1. The first-order chi connectivity index (χ1) is 27.8. The van der Waals surface area contributed by atoms with E-state index in [2.05, 4.69) is 204 Å². The van der Waals surface area contributed by atoms with Gasteiger partial charge < -0.3 is 13.9 Å². The van der Waals surface area contributed by atoms with Gasteiger partial charge in [0.2, 0.25) is 0 Å². The summed E-state index contributed by atoms with van der Waals surface area (Å²) in [5.74, 6) is 0. The van der Waals surface area contributed by atoms with Crippen molar-refractivity contribution in [2.24, 2.45) is 0 Å². The van der Waals surface area contributed by atoms with Crippen LogP contribution in [0, 0.1) is 0 Å². The fourth-order valence-corrected chi connectivity index (χ4v) is 10.0. The zero-order valence-corrected chi connectivity index (χ0v) is 31.0. The second-order valence-electron chi connectivity index (χ2n) is 14.5. The van der Waals surface area contributed by atoms with Gasteiger partial charge in [0.25, 0.3) is 0 Å².